The third-order valence-electron chi connectivity index (χ3n) is 6.93. The normalized spacial score (nSPS) is 10.9. The SMILES string of the molecule is C=Cc1ccc(COCCCc2ccc(N(c3ccc(C)c(C)c3)c3ccc(C)c(C)c3)cc2)cc1. The van der Waals surface area contributed by atoms with Crippen LogP contribution in [0.4, 0.5) is 17.1 Å². The van der Waals surface area contributed by atoms with Crippen molar-refractivity contribution >= 4 is 23.1 Å². The van der Waals surface area contributed by atoms with Crippen molar-refractivity contribution in [1.82, 2.24) is 0 Å². The second kappa shape index (κ2) is 11.9. The van der Waals surface area contributed by atoms with Crippen LogP contribution in [0.2, 0.25) is 0 Å². The smallest absolute Gasteiger partial charge is 0.0716 e. The number of hydrogen-bond donors (Lipinski definition) is 0. The van der Waals surface area contributed by atoms with Gasteiger partial charge in [-0.1, -0.05) is 61.2 Å². The lowest BCUT2D eigenvalue weighted by Crippen LogP contribution is -2.11. The third-order valence-corrected chi connectivity index (χ3v) is 6.93. The van der Waals surface area contributed by atoms with Crippen molar-refractivity contribution in [3.63, 3.8) is 0 Å². The summed E-state index contributed by atoms with van der Waals surface area (Å²) in [6, 6.07) is 30.7. The molecular weight excluding hydrogens is 438 g/mol. The van der Waals surface area contributed by atoms with E-state index >= 15 is 0 Å². The van der Waals surface area contributed by atoms with Gasteiger partial charge in [0.1, 0.15) is 0 Å². The zero-order valence-corrected chi connectivity index (χ0v) is 22.1. The fourth-order valence-electron chi connectivity index (χ4n) is 4.31. The molecule has 0 spiro atoms. The Balaban J connectivity index is 1.42. The number of benzene rings is 4. The van der Waals surface area contributed by atoms with Gasteiger partial charge in [0.2, 0.25) is 0 Å². The van der Waals surface area contributed by atoms with Crippen molar-refractivity contribution in [2.45, 2.75) is 47.1 Å². The fraction of sp³-hybridized carbons (Fsp3) is 0.235. The topological polar surface area (TPSA) is 12.5 Å². The van der Waals surface area contributed by atoms with Crippen LogP contribution in [0.1, 0.15) is 45.4 Å². The molecule has 0 amide bonds. The van der Waals surface area contributed by atoms with Crippen molar-refractivity contribution in [1.29, 1.82) is 0 Å². The molecule has 0 aliphatic heterocycles. The molecule has 4 rings (SSSR count). The molecule has 0 atom stereocenters. The highest BCUT2D eigenvalue weighted by Gasteiger charge is 2.14. The molecule has 2 nitrogen and oxygen atoms in total. The van der Waals surface area contributed by atoms with Gasteiger partial charge in [0.25, 0.3) is 0 Å². The standard InChI is InChI=1S/C34H37NO/c1-6-29-11-13-31(14-12-29)24-36-21-7-8-30-15-19-32(20-16-30)35(33-17-9-25(2)27(4)22-33)34-18-10-26(3)28(5)23-34/h6,9-20,22-23H,1,7-8,21,24H2,2-5H3. The van der Waals surface area contributed by atoms with Gasteiger partial charge in [0.15, 0.2) is 0 Å². The van der Waals surface area contributed by atoms with Gasteiger partial charge in [0, 0.05) is 23.7 Å². The number of ether oxygens (including phenoxy) is 1. The predicted molar refractivity (Wildman–Crippen MR) is 155 cm³/mol. The summed E-state index contributed by atoms with van der Waals surface area (Å²) in [5, 5.41) is 0. The monoisotopic (exact) mass is 475 g/mol. The number of anilines is 3. The first-order valence-electron chi connectivity index (χ1n) is 12.8. The largest absolute Gasteiger partial charge is 0.377 e. The van der Waals surface area contributed by atoms with E-state index in [1.54, 1.807) is 0 Å². The number of rotatable bonds is 10. The highest BCUT2D eigenvalue weighted by atomic mass is 16.5. The lowest BCUT2D eigenvalue weighted by Gasteiger charge is -2.27. The Labute approximate surface area is 216 Å². The fourth-order valence-corrected chi connectivity index (χ4v) is 4.31. The molecule has 0 aliphatic rings. The van der Waals surface area contributed by atoms with Crippen LogP contribution in [0.15, 0.2) is 91.5 Å². The molecule has 0 N–H and O–H groups in total. The number of aryl methyl sites for hydroxylation is 5. The Kier molecular flexibility index (Phi) is 8.40. The van der Waals surface area contributed by atoms with E-state index in [0.717, 1.165) is 25.0 Å². The maximum absolute atomic E-state index is 5.90. The van der Waals surface area contributed by atoms with Crippen molar-refractivity contribution < 1.29 is 4.74 Å². The van der Waals surface area contributed by atoms with Crippen LogP contribution < -0.4 is 4.90 Å². The molecule has 4 aromatic carbocycles. The van der Waals surface area contributed by atoms with Crippen molar-refractivity contribution in [3.05, 3.63) is 130 Å². The molecule has 0 saturated heterocycles. The van der Waals surface area contributed by atoms with Gasteiger partial charge in [-0.2, -0.15) is 0 Å². The molecule has 0 radical (unpaired) electrons. The summed E-state index contributed by atoms with van der Waals surface area (Å²) < 4.78 is 5.90. The second-order valence-electron chi connectivity index (χ2n) is 9.64. The van der Waals surface area contributed by atoms with Gasteiger partial charge in [-0.15, -0.1) is 0 Å². The molecule has 0 fully saturated rings. The molecule has 0 aromatic heterocycles. The van der Waals surface area contributed by atoms with Crippen LogP contribution in [0, 0.1) is 27.7 Å². The van der Waals surface area contributed by atoms with Crippen molar-refractivity contribution in [2.75, 3.05) is 11.5 Å². The third kappa shape index (κ3) is 6.33. The molecule has 4 aromatic rings. The van der Waals surface area contributed by atoms with Crippen molar-refractivity contribution in [2.24, 2.45) is 0 Å². The van der Waals surface area contributed by atoms with Gasteiger partial charge in [0.05, 0.1) is 6.61 Å². The first-order valence-corrected chi connectivity index (χ1v) is 12.8. The second-order valence-corrected chi connectivity index (χ2v) is 9.64. The maximum Gasteiger partial charge on any atom is 0.0716 e. The molecule has 0 heterocycles. The van der Waals surface area contributed by atoms with Crippen molar-refractivity contribution in [3.8, 4) is 0 Å². The summed E-state index contributed by atoms with van der Waals surface area (Å²) in [7, 11) is 0. The lowest BCUT2D eigenvalue weighted by molar-refractivity contribution is 0.118. The first kappa shape index (κ1) is 25.5. The van der Waals surface area contributed by atoms with Gasteiger partial charge < -0.3 is 9.64 Å². The van der Waals surface area contributed by atoms with E-state index in [-0.39, 0.29) is 0 Å². The molecule has 2 heteroatoms. The summed E-state index contributed by atoms with van der Waals surface area (Å²) in [6.45, 7) is 13.9. The summed E-state index contributed by atoms with van der Waals surface area (Å²) in [5.74, 6) is 0. The number of nitrogens with zero attached hydrogens (tertiary/aromatic N) is 1. The van der Waals surface area contributed by atoms with Crippen LogP contribution in [-0.2, 0) is 17.8 Å². The van der Waals surface area contributed by atoms with E-state index in [9.17, 15) is 0 Å². The van der Waals surface area contributed by atoms with Gasteiger partial charge in [-0.05, 0) is 116 Å². The minimum Gasteiger partial charge on any atom is -0.377 e. The molecule has 184 valence electrons. The molecule has 0 unspecified atom stereocenters. The summed E-state index contributed by atoms with van der Waals surface area (Å²) in [6.07, 6.45) is 3.86. The average molecular weight is 476 g/mol. The van der Waals surface area contributed by atoms with Crippen LogP contribution >= 0.6 is 0 Å². The zero-order chi connectivity index (χ0) is 25.5. The van der Waals surface area contributed by atoms with Crippen LogP contribution in [0.25, 0.3) is 6.08 Å². The Bertz CT molecular complexity index is 1250. The summed E-state index contributed by atoms with van der Waals surface area (Å²) >= 11 is 0. The van der Waals surface area contributed by atoms with E-state index in [2.05, 4.69) is 124 Å². The quantitative estimate of drug-likeness (QED) is 0.212. The van der Waals surface area contributed by atoms with Crippen LogP contribution in [0.3, 0.4) is 0 Å². The Morgan fingerprint density at radius 2 is 1.17 bits per heavy atom. The lowest BCUT2D eigenvalue weighted by atomic mass is 10.0. The Morgan fingerprint density at radius 1 is 0.639 bits per heavy atom. The van der Waals surface area contributed by atoms with E-state index < -0.39 is 0 Å². The molecule has 36 heavy (non-hydrogen) atoms. The molecule has 0 saturated carbocycles. The highest BCUT2D eigenvalue weighted by Crippen LogP contribution is 2.36. The Hall–Kier alpha value is -3.62. The minimum atomic E-state index is 0.650. The van der Waals surface area contributed by atoms with Crippen LogP contribution in [0.5, 0.6) is 0 Å². The van der Waals surface area contributed by atoms with E-state index in [4.69, 9.17) is 4.74 Å². The minimum absolute atomic E-state index is 0.650. The molecule has 0 aliphatic carbocycles. The van der Waals surface area contributed by atoms with Crippen LogP contribution in [-0.4, -0.2) is 6.61 Å². The first-order chi connectivity index (χ1) is 17.4. The van der Waals surface area contributed by atoms with Gasteiger partial charge in [-0.3, -0.25) is 0 Å². The van der Waals surface area contributed by atoms with E-state index in [1.165, 1.54) is 50.4 Å². The average Bonchev–Trinajstić information content (AvgIpc) is 2.89. The van der Waals surface area contributed by atoms with Gasteiger partial charge >= 0.3 is 0 Å². The zero-order valence-electron chi connectivity index (χ0n) is 22.1. The summed E-state index contributed by atoms with van der Waals surface area (Å²) in [5.41, 5.74) is 12.4. The van der Waals surface area contributed by atoms with E-state index in [1.807, 2.05) is 6.08 Å². The predicted octanol–water partition coefficient (Wildman–Crippen LogP) is 9.18. The van der Waals surface area contributed by atoms with Gasteiger partial charge in [-0.25, -0.2) is 0 Å². The molecule has 0 bridgehead atoms. The summed E-state index contributed by atoms with van der Waals surface area (Å²) in [4.78, 5) is 2.35. The molecular formula is C34H37NO. The van der Waals surface area contributed by atoms with E-state index in [0.29, 0.717) is 6.61 Å². The Morgan fingerprint density at radius 3 is 1.69 bits per heavy atom. The highest BCUT2D eigenvalue weighted by molar-refractivity contribution is 5.77. The maximum atomic E-state index is 5.90. The number of hydrogen-bond acceptors (Lipinski definition) is 2.